The first-order chi connectivity index (χ1) is 10.7. The molecule has 0 unspecified atom stereocenters. The van der Waals surface area contributed by atoms with E-state index in [4.69, 9.17) is 22.1 Å². The number of hydrogen-bond acceptors (Lipinski definition) is 5. The van der Waals surface area contributed by atoms with Crippen LogP contribution in [0.5, 0.6) is 5.75 Å². The number of halogens is 1. The maximum absolute atomic E-state index is 6.20. The van der Waals surface area contributed by atoms with Crippen molar-refractivity contribution in [1.29, 1.82) is 0 Å². The monoisotopic (exact) mass is 315 g/mol. The van der Waals surface area contributed by atoms with E-state index in [1.165, 1.54) is 0 Å². The van der Waals surface area contributed by atoms with Crippen LogP contribution in [0.1, 0.15) is 5.69 Å². The number of benzene rings is 1. The molecule has 2 N–H and O–H groups in total. The predicted molar refractivity (Wildman–Crippen MR) is 84.0 cm³/mol. The summed E-state index contributed by atoms with van der Waals surface area (Å²) in [4.78, 5) is 4.03. The molecule has 0 amide bonds. The van der Waals surface area contributed by atoms with Crippen LogP contribution in [-0.2, 0) is 6.54 Å². The number of ether oxygens (including phenoxy) is 1. The van der Waals surface area contributed by atoms with Crippen molar-refractivity contribution in [2.45, 2.75) is 6.54 Å². The van der Waals surface area contributed by atoms with Gasteiger partial charge in [0, 0.05) is 24.5 Å². The van der Waals surface area contributed by atoms with Gasteiger partial charge in [0.15, 0.2) is 0 Å². The molecular formula is C15H14ClN5O. The van der Waals surface area contributed by atoms with Crippen LogP contribution in [0, 0.1) is 0 Å². The second-order valence-electron chi connectivity index (χ2n) is 4.56. The van der Waals surface area contributed by atoms with E-state index in [9.17, 15) is 0 Å². The Bertz CT molecular complexity index is 788. The van der Waals surface area contributed by atoms with Crippen LogP contribution in [0.4, 0.5) is 0 Å². The first kappa shape index (κ1) is 14.5. The quantitative estimate of drug-likeness (QED) is 0.800. The van der Waals surface area contributed by atoms with Crippen LogP contribution in [0.25, 0.3) is 16.9 Å². The highest BCUT2D eigenvalue weighted by Crippen LogP contribution is 2.29. The predicted octanol–water partition coefficient (Wildman–Crippen LogP) is 2.45. The normalized spacial score (nSPS) is 10.7. The van der Waals surface area contributed by atoms with E-state index in [1.807, 2.05) is 18.2 Å². The molecular weight excluding hydrogens is 302 g/mol. The third-order valence-corrected chi connectivity index (χ3v) is 3.56. The van der Waals surface area contributed by atoms with E-state index in [0.29, 0.717) is 23.0 Å². The fourth-order valence-electron chi connectivity index (χ4n) is 2.22. The molecule has 3 aromatic rings. The molecule has 0 fully saturated rings. The van der Waals surface area contributed by atoms with Gasteiger partial charge in [-0.05, 0) is 30.3 Å². The van der Waals surface area contributed by atoms with Crippen molar-refractivity contribution in [3.8, 4) is 22.7 Å². The average molecular weight is 316 g/mol. The highest BCUT2D eigenvalue weighted by Gasteiger charge is 2.16. The molecule has 0 radical (unpaired) electrons. The van der Waals surface area contributed by atoms with Gasteiger partial charge in [0.05, 0.1) is 23.5 Å². The lowest BCUT2D eigenvalue weighted by Crippen LogP contribution is -2.03. The number of rotatable bonds is 4. The maximum Gasteiger partial charge on any atom is 0.137 e. The Morgan fingerprint density at radius 3 is 2.64 bits per heavy atom. The minimum Gasteiger partial charge on any atom is -0.495 e. The van der Waals surface area contributed by atoms with Gasteiger partial charge in [0.1, 0.15) is 11.4 Å². The highest BCUT2D eigenvalue weighted by molar-refractivity contribution is 6.32. The van der Waals surface area contributed by atoms with Crippen LogP contribution >= 0.6 is 11.6 Å². The van der Waals surface area contributed by atoms with E-state index in [-0.39, 0.29) is 0 Å². The molecule has 0 aliphatic rings. The van der Waals surface area contributed by atoms with Gasteiger partial charge in [0.2, 0.25) is 0 Å². The molecule has 2 heterocycles. The van der Waals surface area contributed by atoms with E-state index >= 15 is 0 Å². The van der Waals surface area contributed by atoms with Gasteiger partial charge < -0.3 is 10.5 Å². The van der Waals surface area contributed by atoms with Crippen molar-refractivity contribution in [1.82, 2.24) is 20.0 Å². The zero-order chi connectivity index (χ0) is 15.5. The Morgan fingerprint density at radius 1 is 1.23 bits per heavy atom. The molecule has 3 rings (SSSR count). The summed E-state index contributed by atoms with van der Waals surface area (Å²) in [6.07, 6.45) is 3.43. The smallest absolute Gasteiger partial charge is 0.137 e. The van der Waals surface area contributed by atoms with Gasteiger partial charge in [-0.3, -0.25) is 4.98 Å². The zero-order valence-corrected chi connectivity index (χ0v) is 12.7. The van der Waals surface area contributed by atoms with Crippen molar-refractivity contribution in [3.05, 3.63) is 53.4 Å². The molecule has 6 nitrogen and oxygen atoms in total. The number of methoxy groups -OCH3 is 1. The van der Waals surface area contributed by atoms with Gasteiger partial charge >= 0.3 is 0 Å². The summed E-state index contributed by atoms with van der Waals surface area (Å²) in [5.41, 5.74) is 9.03. The largest absolute Gasteiger partial charge is 0.495 e. The summed E-state index contributed by atoms with van der Waals surface area (Å²) < 4.78 is 6.88. The Hall–Kier alpha value is -2.44. The molecule has 0 saturated carbocycles. The third kappa shape index (κ3) is 2.54. The molecule has 1 aromatic carbocycles. The van der Waals surface area contributed by atoms with Crippen LogP contribution in [0.2, 0.25) is 5.02 Å². The average Bonchev–Trinajstić information content (AvgIpc) is 2.99. The lowest BCUT2D eigenvalue weighted by Gasteiger charge is -2.09. The van der Waals surface area contributed by atoms with Gasteiger partial charge in [-0.2, -0.15) is 0 Å². The van der Waals surface area contributed by atoms with E-state index in [2.05, 4.69) is 15.3 Å². The molecule has 0 saturated heterocycles. The van der Waals surface area contributed by atoms with Crippen molar-refractivity contribution in [2.75, 3.05) is 7.11 Å². The number of pyridine rings is 1. The number of nitrogens with two attached hydrogens (primary N) is 1. The second kappa shape index (κ2) is 6.13. The molecule has 0 atom stereocenters. The summed E-state index contributed by atoms with van der Waals surface area (Å²) in [5, 5.41) is 8.85. The standard InChI is InChI=1S/C15H14ClN5O/c1-22-14-3-2-11(8-12(14)16)21-15(13(9-17)19-20-21)10-4-6-18-7-5-10/h2-8H,9,17H2,1H3. The molecule has 7 heteroatoms. The van der Waals surface area contributed by atoms with Gasteiger partial charge in [-0.15, -0.1) is 5.10 Å². The summed E-state index contributed by atoms with van der Waals surface area (Å²) in [5.74, 6) is 0.607. The minimum atomic E-state index is 0.293. The zero-order valence-electron chi connectivity index (χ0n) is 11.9. The van der Waals surface area contributed by atoms with E-state index in [0.717, 1.165) is 16.9 Å². The highest BCUT2D eigenvalue weighted by atomic mass is 35.5. The molecule has 0 aliphatic heterocycles. The molecule has 2 aromatic heterocycles. The third-order valence-electron chi connectivity index (χ3n) is 3.27. The minimum absolute atomic E-state index is 0.293. The first-order valence-corrected chi connectivity index (χ1v) is 7.01. The molecule has 0 bridgehead atoms. The van der Waals surface area contributed by atoms with E-state index < -0.39 is 0 Å². The van der Waals surface area contributed by atoms with Crippen LogP contribution in [0.3, 0.4) is 0 Å². The van der Waals surface area contributed by atoms with Crippen molar-refractivity contribution in [3.63, 3.8) is 0 Å². The number of aromatic nitrogens is 4. The fourth-order valence-corrected chi connectivity index (χ4v) is 2.47. The summed E-state index contributed by atoms with van der Waals surface area (Å²) in [6, 6.07) is 9.21. The molecule has 112 valence electrons. The van der Waals surface area contributed by atoms with Crippen LogP contribution < -0.4 is 10.5 Å². The van der Waals surface area contributed by atoms with Crippen LogP contribution in [0.15, 0.2) is 42.7 Å². The number of hydrogen-bond donors (Lipinski definition) is 1. The second-order valence-corrected chi connectivity index (χ2v) is 4.96. The maximum atomic E-state index is 6.20. The Kier molecular flexibility index (Phi) is 4.04. The Labute approximate surface area is 132 Å². The first-order valence-electron chi connectivity index (χ1n) is 6.63. The Balaban J connectivity index is 2.16. The van der Waals surface area contributed by atoms with Crippen LogP contribution in [-0.4, -0.2) is 27.1 Å². The van der Waals surface area contributed by atoms with Crippen molar-refractivity contribution >= 4 is 11.6 Å². The lowest BCUT2D eigenvalue weighted by molar-refractivity contribution is 0.415. The Morgan fingerprint density at radius 2 is 2.00 bits per heavy atom. The SMILES string of the molecule is COc1ccc(-n2nnc(CN)c2-c2ccncc2)cc1Cl. The van der Waals surface area contributed by atoms with Gasteiger partial charge in [-0.25, -0.2) is 4.68 Å². The number of nitrogens with zero attached hydrogens (tertiary/aromatic N) is 4. The van der Waals surface area contributed by atoms with Crippen molar-refractivity contribution < 1.29 is 4.74 Å². The van der Waals surface area contributed by atoms with Gasteiger partial charge in [0.25, 0.3) is 0 Å². The summed E-state index contributed by atoms with van der Waals surface area (Å²) in [7, 11) is 1.57. The summed E-state index contributed by atoms with van der Waals surface area (Å²) >= 11 is 6.20. The van der Waals surface area contributed by atoms with E-state index in [1.54, 1.807) is 36.3 Å². The molecule has 0 spiro atoms. The topological polar surface area (TPSA) is 78.8 Å². The fraction of sp³-hybridized carbons (Fsp3) is 0.133. The summed E-state index contributed by atoms with van der Waals surface area (Å²) in [6.45, 7) is 0.293. The molecule has 0 aliphatic carbocycles. The lowest BCUT2D eigenvalue weighted by atomic mass is 10.1. The molecule has 22 heavy (non-hydrogen) atoms. The van der Waals surface area contributed by atoms with Crippen molar-refractivity contribution in [2.24, 2.45) is 5.73 Å². The van der Waals surface area contributed by atoms with Gasteiger partial charge in [-0.1, -0.05) is 16.8 Å².